The third-order valence-corrected chi connectivity index (χ3v) is 3.73. The highest BCUT2D eigenvalue weighted by Crippen LogP contribution is 2.25. The second-order valence-corrected chi connectivity index (χ2v) is 5.37. The molecule has 0 amide bonds. The van der Waals surface area contributed by atoms with E-state index in [1.807, 2.05) is 18.0 Å². The molecule has 1 heterocycles. The molecule has 0 radical (unpaired) electrons. The summed E-state index contributed by atoms with van der Waals surface area (Å²) in [6.07, 6.45) is 2.09. The number of thiocarbonyl (C=S) groups is 1. The Morgan fingerprint density at radius 2 is 2.16 bits per heavy atom. The number of anilines is 1. The van der Waals surface area contributed by atoms with E-state index >= 15 is 0 Å². The summed E-state index contributed by atoms with van der Waals surface area (Å²) < 4.78 is 19.2. The quantitative estimate of drug-likeness (QED) is 0.860. The molecular formula is C14H19FN2OS. The van der Waals surface area contributed by atoms with Crippen molar-refractivity contribution >= 4 is 22.9 Å². The van der Waals surface area contributed by atoms with Crippen molar-refractivity contribution in [3.05, 3.63) is 29.6 Å². The number of nitrogens with zero attached hydrogens (tertiary/aromatic N) is 1. The summed E-state index contributed by atoms with van der Waals surface area (Å²) in [5.41, 5.74) is 6.73. The Hall–Kier alpha value is -1.20. The number of halogens is 1. The Balaban J connectivity index is 2.16. The van der Waals surface area contributed by atoms with Crippen LogP contribution in [-0.4, -0.2) is 31.8 Å². The van der Waals surface area contributed by atoms with Gasteiger partial charge in [-0.15, -0.1) is 0 Å². The van der Waals surface area contributed by atoms with E-state index in [0.717, 1.165) is 38.3 Å². The lowest BCUT2D eigenvalue weighted by molar-refractivity contribution is 0.0685. The predicted octanol–water partition coefficient (Wildman–Crippen LogP) is 2.32. The average molecular weight is 282 g/mol. The normalized spacial score (nSPS) is 16.3. The Bertz CT molecular complexity index is 461. The molecule has 1 saturated heterocycles. The Labute approximate surface area is 118 Å². The molecule has 1 aromatic rings. The number of hydrogen-bond acceptors (Lipinski definition) is 3. The topological polar surface area (TPSA) is 38.5 Å². The van der Waals surface area contributed by atoms with E-state index in [2.05, 4.69) is 0 Å². The van der Waals surface area contributed by atoms with E-state index in [4.69, 9.17) is 22.7 Å². The van der Waals surface area contributed by atoms with Gasteiger partial charge in [-0.05, 0) is 30.9 Å². The first-order valence-corrected chi connectivity index (χ1v) is 6.87. The molecule has 3 nitrogen and oxygen atoms in total. The first-order chi connectivity index (χ1) is 9.09. The van der Waals surface area contributed by atoms with Crippen molar-refractivity contribution in [2.45, 2.75) is 12.8 Å². The van der Waals surface area contributed by atoms with Gasteiger partial charge in [-0.1, -0.05) is 18.3 Å². The van der Waals surface area contributed by atoms with E-state index in [-0.39, 0.29) is 10.8 Å². The van der Waals surface area contributed by atoms with E-state index in [1.54, 1.807) is 6.07 Å². The number of nitrogens with two attached hydrogens (primary N) is 1. The molecule has 2 N–H and O–H groups in total. The minimum absolute atomic E-state index is 0.104. The molecule has 1 aliphatic rings. The second kappa shape index (κ2) is 6.30. The number of rotatable bonds is 4. The standard InChI is InChI=1S/C14H19FN2OS/c1-17(9-10-5-7-18-8-6-10)12-4-2-3-11(15)13(12)14(16)19/h2-4,10H,5-9H2,1H3,(H2,16,19). The number of ether oxygens (including phenoxy) is 1. The summed E-state index contributed by atoms with van der Waals surface area (Å²) in [5.74, 6) is 0.213. The molecular weight excluding hydrogens is 263 g/mol. The van der Waals surface area contributed by atoms with Gasteiger partial charge in [0.25, 0.3) is 0 Å². The summed E-state index contributed by atoms with van der Waals surface area (Å²) in [6, 6.07) is 4.93. The average Bonchev–Trinajstić information content (AvgIpc) is 2.39. The van der Waals surface area contributed by atoms with Crippen LogP contribution in [0.25, 0.3) is 0 Å². The highest BCUT2D eigenvalue weighted by atomic mass is 32.1. The van der Waals surface area contributed by atoms with Gasteiger partial charge < -0.3 is 15.4 Å². The SMILES string of the molecule is CN(CC1CCOCC1)c1cccc(F)c1C(N)=S. The summed E-state index contributed by atoms with van der Waals surface area (Å²) in [7, 11) is 1.95. The fourth-order valence-corrected chi connectivity index (χ4v) is 2.69. The molecule has 0 spiro atoms. The minimum atomic E-state index is -0.358. The van der Waals surface area contributed by atoms with Crippen molar-refractivity contribution in [1.29, 1.82) is 0 Å². The van der Waals surface area contributed by atoms with Gasteiger partial charge >= 0.3 is 0 Å². The molecule has 1 aliphatic heterocycles. The van der Waals surface area contributed by atoms with Gasteiger partial charge in [-0.2, -0.15) is 0 Å². The molecule has 5 heteroatoms. The van der Waals surface area contributed by atoms with Crippen LogP contribution in [0.1, 0.15) is 18.4 Å². The second-order valence-electron chi connectivity index (χ2n) is 4.93. The van der Waals surface area contributed by atoms with Crippen LogP contribution < -0.4 is 10.6 Å². The zero-order valence-electron chi connectivity index (χ0n) is 11.1. The zero-order chi connectivity index (χ0) is 13.8. The molecule has 19 heavy (non-hydrogen) atoms. The van der Waals surface area contributed by atoms with Gasteiger partial charge in [0.2, 0.25) is 0 Å². The van der Waals surface area contributed by atoms with Crippen molar-refractivity contribution in [1.82, 2.24) is 0 Å². The molecule has 1 aromatic carbocycles. The lowest BCUT2D eigenvalue weighted by atomic mass is 9.99. The molecule has 2 rings (SSSR count). The lowest BCUT2D eigenvalue weighted by Crippen LogP contribution is -2.31. The highest BCUT2D eigenvalue weighted by molar-refractivity contribution is 7.80. The molecule has 0 aliphatic carbocycles. The number of benzene rings is 1. The third-order valence-electron chi connectivity index (χ3n) is 3.52. The fourth-order valence-electron chi connectivity index (χ4n) is 2.49. The van der Waals surface area contributed by atoms with Gasteiger partial charge in [0.05, 0.1) is 5.56 Å². The largest absolute Gasteiger partial charge is 0.389 e. The van der Waals surface area contributed by atoms with E-state index in [1.165, 1.54) is 6.07 Å². The van der Waals surface area contributed by atoms with Gasteiger partial charge in [-0.25, -0.2) is 4.39 Å². The van der Waals surface area contributed by atoms with E-state index < -0.39 is 0 Å². The van der Waals surface area contributed by atoms with Crippen LogP contribution in [0, 0.1) is 11.7 Å². The fraction of sp³-hybridized carbons (Fsp3) is 0.500. The first kappa shape index (κ1) is 14.2. The van der Waals surface area contributed by atoms with Crippen LogP contribution in [-0.2, 0) is 4.74 Å². The summed E-state index contributed by atoms with van der Waals surface area (Å²) in [4.78, 5) is 2.14. The van der Waals surface area contributed by atoms with Gasteiger partial charge in [0.15, 0.2) is 0 Å². The number of hydrogen-bond donors (Lipinski definition) is 1. The lowest BCUT2D eigenvalue weighted by Gasteiger charge is -2.29. The molecule has 0 aromatic heterocycles. The summed E-state index contributed by atoms with van der Waals surface area (Å²) in [6.45, 7) is 2.48. The van der Waals surface area contributed by atoms with Crippen molar-refractivity contribution in [3.63, 3.8) is 0 Å². The summed E-state index contributed by atoms with van der Waals surface area (Å²) >= 11 is 4.95. The van der Waals surface area contributed by atoms with Crippen LogP contribution in [0.3, 0.4) is 0 Å². The van der Waals surface area contributed by atoms with Crippen LogP contribution in [0.2, 0.25) is 0 Å². The first-order valence-electron chi connectivity index (χ1n) is 6.46. The molecule has 0 bridgehead atoms. The molecule has 0 unspecified atom stereocenters. The smallest absolute Gasteiger partial charge is 0.135 e. The maximum Gasteiger partial charge on any atom is 0.135 e. The van der Waals surface area contributed by atoms with Crippen LogP contribution in [0.5, 0.6) is 0 Å². The van der Waals surface area contributed by atoms with Gasteiger partial charge in [0.1, 0.15) is 10.8 Å². The maximum absolute atomic E-state index is 13.8. The van der Waals surface area contributed by atoms with Crippen LogP contribution in [0.15, 0.2) is 18.2 Å². The van der Waals surface area contributed by atoms with Gasteiger partial charge in [0, 0.05) is 32.5 Å². The Morgan fingerprint density at radius 1 is 1.47 bits per heavy atom. The van der Waals surface area contributed by atoms with Gasteiger partial charge in [-0.3, -0.25) is 0 Å². The van der Waals surface area contributed by atoms with Crippen molar-refractivity contribution < 1.29 is 9.13 Å². The van der Waals surface area contributed by atoms with Crippen molar-refractivity contribution in [3.8, 4) is 0 Å². The monoisotopic (exact) mass is 282 g/mol. The maximum atomic E-state index is 13.8. The van der Waals surface area contributed by atoms with Crippen LogP contribution >= 0.6 is 12.2 Å². The van der Waals surface area contributed by atoms with E-state index in [9.17, 15) is 4.39 Å². The summed E-state index contributed by atoms with van der Waals surface area (Å²) in [5, 5.41) is 0. The molecule has 0 atom stereocenters. The zero-order valence-corrected chi connectivity index (χ0v) is 11.9. The molecule has 104 valence electrons. The third kappa shape index (κ3) is 3.42. The molecule has 1 fully saturated rings. The Kier molecular flexibility index (Phi) is 4.71. The minimum Gasteiger partial charge on any atom is -0.389 e. The van der Waals surface area contributed by atoms with Crippen molar-refractivity contribution in [2.24, 2.45) is 11.7 Å². The van der Waals surface area contributed by atoms with Crippen LogP contribution in [0.4, 0.5) is 10.1 Å². The predicted molar refractivity (Wildman–Crippen MR) is 79.1 cm³/mol. The highest BCUT2D eigenvalue weighted by Gasteiger charge is 2.19. The molecule has 0 saturated carbocycles. The van der Waals surface area contributed by atoms with E-state index in [0.29, 0.717) is 11.5 Å². The van der Waals surface area contributed by atoms with Crippen molar-refractivity contribution in [2.75, 3.05) is 31.7 Å². The Morgan fingerprint density at radius 3 is 2.79 bits per heavy atom.